The minimum absolute atomic E-state index is 0.0669. The summed E-state index contributed by atoms with van der Waals surface area (Å²) in [6.07, 6.45) is 9.45. The van der Waals surface area contributed by atoms with E-state index in [4.69, 9.17) is 11.6 Å². The molecule has 1 aliphatic heterocycles. The van der Waals surface area contributed by atoms with Gasteiger partial charge in [0.05, 0.1) is 5.41 Å². The number of unbranched alkanes of at least 4 members (excludes halogenated alkanes) is 2. The molecule has 160 valence electrons. The molecule has 0 aromatic heterocycles. The molecule has 0 amide bonds. The van der Waals surface area contributed by atoms with Crippen molar-refractivity contribution in [1.82, 2.24) is 0 Å². The molecule has 0 atom stereocenters. The fourth-order valence-corrected chi connectivity index (χ4v) is 4.52. The lowest BCUT2D eigenvalue weighted by Crippen LogP contribution is -2.26. The SMILES string of the molecule is CCCCN(CCCC)c1ccc(C=CC2=[N+](C)c3ccc(Cl)cc3C2(C)C)cc1. The van der Waals surface area contributed by atoms with Gasteiger partial charge in [-0.25, -0.2) is 0 Å². The van der Waals surface area contributed by atoms with Gasteiger partial charge in [-0.3, -0.25) is 0 Å². The van der Waals surface area contributed by atoms with Gasteiger partial charge in [-0.15, -0.1) is 0 Å². The third-order valence-electron chi connectivity index (χ3n) is 6.25. The van der Waals surface area contributed by atoms with E-state index in [-0.39, 0.29) is 5.41 Å². The summed E-state index contributed by atoms with van der Waals surface area (Å²) in [5, 5.41) is 0.798. The van der Waals surface area contributed by atoms with Gasteiger partial charge in [0.1, 0.15) is 7.05 Å². The van der Waals surface area contributed by atoms with Crippen molar-refractivity contribution in [2.75, 3.05) is 25.0 Å². The molecule has 2 nitrogen and oxygen atoms in total. The lowest BCUT2D eigenvalue weighted by atomic mass is 9.81. The van der Waals surface area contributed by atoms with Crippen LogP contribution in [0.2, 0.25) is 5.02 Å². The number of fused-ring (bicyclic) bond motifs is 1. The predicted octanol–water partition coefficient (Wildman–Crippen LogP) is 7.47. The van der Waals surface area contributed by atoms with Crippen molar-refractivity contribution in [3.63, 3.8) is 0 Å². The van der Waals surface area contributed by atoms with Crippen LogP contribution in [0.3, 0.4) is 0 Å². The Hall–Kier alpha value is -2.06. The van der Waals surface area contributed by atoms with Crippen molar-refractivity contribution in [2.24, 2.45) is 0 Å². The molecule has 0 saturated heterocycles. The molecule has 3 rings (SSSR count). The van der Waals surface area contributed by atoms with E-state index in [2.05, 4.69) is 92.8 Å². The summed E-state index contributed by atoms with van der Waals surface area (Å²) >= 11 is 6.27. The zero-order valence-electron chi connectivity index (χ0n) is 19.2. The summed E-state index contributed by atoms with van der Waals surface area (Å²) in [4.78, 5) is 2.53. The molecule has 0 radical (unpaired) electrons. The average molecular weight is 424 g/mol. The van der Waals surface area contributed by atoms with Crippen molar-refractivity contribution in [2.45, 2.75) is 58.8 Å². The molecule has 3 heteroatoms. The minimum atomic E-state index is -0.0669. The van der Waals surface area contributed by atoms with Crippen LogP contribution in [-0.2, 0) is 5.41 Å². The highest BCUT2D eigenvalue weighted by Gasteiger charge is 2.42. The smallest absolute Gasteiger partial charge is 0.209 e. The normalized spacial score (nSPS) is 15.1. The summed E-state index contributed by atoms with van der Waals surface area (Å²) in [5.41, 5.74) is 6.31. The Morgan fingerprint density at radius 1 is 0.933 bits per heavy atom. The van der Waals surface area contributed by atoms with Crippen LogP contribution in [0.25, 0.3) is 6.08 Å². The van der Waals surface area contributed by atoms with Crippen LogP contribution in [0, 0.1) is 0 Å². The van der Waals surface area contributed by atoms with Crippen LogP contribution >= 0.6 is 11.6 Å². The Labute approximate surface area is 187 Å². The highest BCUT2D eigenvalue weighted by atomic mass is 35.5. The quantitative estimate of drug-likeness (QED) is 0.379. The first kappa shape index (κ1) is 22.6. The van der Waals surface area contributed by atoms with E-state index in [1.807, 2.05) is 6.07 Å². The second-order valence-corrected chi connectivity index (χ2v) is 9.29. The molecular weight excluding hydrogens is 388 g/mol. The van der Waals surface area contributed by atoms with Gasteiger partial charge in [0.2, 0.25) is 5.69 Å². The standard InChI is InChI=1S/C27H36ClN2/c1-6-8-18-30(19-9-7-2)23-14-10-21(11-15-23)12-17-26-27(3,4)24-20-22(28)13-16-25(24)29(26)5/h10-17,20H,6-9,18-19H2,1-5H3/q+1. The van der Waals surface area contributed by atoms with Crippen molar-refractivity contribution in [1.29, 1.82) is 0 Å². The fourth-order valence-electron chi connectivity index (χ4n) is 4.35. The van der Waals surface area contributed by atoms with Gasteiger partial charge in [0, 0.05) is 41.5 Å². The topological polar surface area (TPSA) is 6.25 Å². The van der Waals surface area contributed by atoms with Crippen LogP contribution < -0.4 is 4.90 Å². The molecule has 1 aliphatic rings. The average Bonchev–Trinajstić information content (AvgIpc) is 2.92. The molecule has 0 unspecified atom stereocenters. The monoisotopic (exact) mass is 423 g/mol. The number of anilines is 1. The molecule has 0 N–H and O–H groups in total. The number of nitrogens with zero attached hydrogens (tertiary/aromatic N) is 2. The summed E-state index contributed by atoms with van der Waals surface area (Å²) < 4.78 is 2.29. The molecule has 2 aromatic rings. The third kappa shape index (κ3) is 4.81. The van der Waals surface area contributed by atoms with Gasteiger partial charge in [-0.05, 0) is 62.6 Å². The molecule has 30 heavy (non-hydrogen) atoms. The van der Waals surface area contributed by atoms with Crippen molar-refractivity contribution in [3.05, 3.63) is 64.7 Å². The number of hydrogen-bond donors (Lipinski definition) is 0. The number of benzene rings is 2. The first-order valence-electron chi connectivity index (χ1n) is 11.3. The van der Waals surface area contributed by atoms with E-state index >= 15 is 0 Å². The molecule has 0 aliphatic carbocycles. The largest absolute Gasteiger partial charge is 0.372 e. The molecule has 0 fully saturated rings. The van der Waals surface area contributed by atoms with Gasteiger partial charge < -0.3 is 4.90 Å². The molecule has 0 saturated carbocycles. The molecular formula is C27H36ClN2+. The van der Waals surface area contributed by atoms with E-state index in [9.17, 15) is 0 Å². The van der Waals surface area contributed by atoms with Crippen LogP contribution in [-0.4, -0.2) is 30.4 Å². The maximum absolute atomic E-state index is 6.27. The van der Waals surface area contributed by atoms with Crippen LogP contribution in [0.5, 0.6) is 0 Å². The molecule has 0 bridgehead atoms. The lowest BCUT2D eigenvalue weighted by Gasteiger charge is -2.24. The van der Waals surface area contributed by atoms with Crippen molar-refractivity contribution >= 4 is 34.8 Å². The predicted molar refractivity (Wildman–Crippen MR) is 133 cm³/mol. The maximum Gasteiger partial charge on any atom is 0.209 e. The second-order valence-electron chi connectivity index (χ2n) is 8.85. The van der Waals surface area contributed by atoms with Gasteiger partial charge in [0.25, 0.3) is 0 Å². The third-order valence-corrected chi connectivity index (χ3v) is 6.49. The number of halogens is 1. The van der Waals surface area contributed by atoms with Crippen LogP contribution in [0.15, 0.2) is 48.5 Å². The summed E-state index contributed by atoms with van der Waals surface area (Å²) in [6, 6.07) is 15.2. The zero-order chi connectivity index (χ0) is 21.7. The van der Waals surface area contributed by atoms with E-state index in [1.54, 1.807) is 0 Å². The zero-order valence-corrected chi connectivity index (χ0v) is 20.0. The highest BCUT2D eigenvalue weighted by molar-refractivity contribution is 6.30. The second kappa shape index (κ2) is 9.83. The minimum Gasteiger partial charge on any atom is -0.372 e. The van der Waals surface area contributed by atoms with Crippen molar-refractivity contribution in [3.8, 4) is 0 Å². The van der Waals surface area contributed by atoms with Crippen LogP contribution in [0.4, 0.5) is 11.4 Å². The van der Waals surface area contributed by atoms with Crippen LogP contribution in [0.1, 0.15) is 64.5 Å². The Balaban J connectivity index is 1.79. The summed E-state index contributed by atoms with van der Waals surface area (Å²) in [7, 11) is 2.14. The number of rotatable bonds is 9. The first-order valence-corrected chi connectivity index (χ1v) is 11.7. The highest BCUT2D eigenvalue weighted by Crippen LogP contribution is 2.40. The van der Waals surface area contributed by atoms with Gasteiger partial charge in [0.15, 0.2) is 5.71 Å². The lowest BCUT2D eigenvalue weighted by molar-refractivity contribution is -0.401. The first-order chi connectivity index (χ1) is 14.4. The molecule has 2 aromatic carbocycles. The number of allylic oxidation sites excluding steroid dienone is 1. The Kier molecular flexibility index (Phi) is 7.41. The summed E-state index contributed by atoms with van der Waals surface area (Å²) in [5.74, 6) is 0. The Morgan fingerprint density at radius 2 is 1.57 bits per heavy atom. The summed E-state index contributed by atoms with van der Waals surface area (Å²) in [6.45, 7) is 11.4. The van der Waals surface area contributed by atoms with Crippen molar-refractivity contribution < 1.29 is 4.58 Å². The Morgan fingerprint density at radius 3 is 2.17 bits per heavy atom. The number of hydrogen-bond acceptors (Lipinski definition) is 1. The van der Waals surface area contributed by atoms with Gasteiger partial charge in [-0.2, -0.15) is 4.58 Å². The van der Waals surface area contributed by atoms with Gasteiger partial charge in [-0.1, -0.05) is 50.4 Å². The molecule has 0 spiro atoms. The van der Waals surface area contributed by atoms with Gasteiger partial charge >= 0.3 is 0 Å². The van der Waals surface area contributed by atoms with E-state index in [1.165, 1.54) is 53.9 Å². The van der Waals surface area contributed by atoms with E-state index in [0.29, 0.717) is 0 Å². The maximum atomic E-state index is 6.27. The Bertz CT molecular complexity index is 914. The van der Waals surface area contributed by atoms with E-state index < -0.39 is 0 Å². The molecule has 1 heterocycles. The fraction of sp³-hybridized carbons (Fsp3) is 0.444. The van der Waals surface area contributed by atoms with E-state index in [0.717, 1.165) is 18.1 Å².